The first kappa shape index (κ1) is 12.4. The van der Waals surface area contributed by atoms with Crippen LogP contribution in [0.4, 0.5) is 5.69 Å². The van der Waals surface area contributed by atoms with Gasteiger partial charge < -0.3 is 5.11 Å². The number of para-hydroxylation sites is 1. The number of rotatable bonds is 2. The number of carbonyl (C=O) groups excluding carboxylic acids is 1. The highest BCUT2D eigenvalue weighted by Crippen LogP contribution is 2.33. The zero-order valence-corrected chi connectivity index (χ0v) is 10.8. The van der Waals surface area contributed by atoms with Crippen LogP contribution in [0.1, 0.15) is 21.6 Å². The summed E-state index contributed by atoms with van der Waals surface area (Å²) in [6, 6.07) is 6.39. The van der Waals surface area contributed by atoms with Gasteiger partial charge in [-0.1, -0.05) is 18.2 Å². The smallest absolute Gasteiger partial charge is 0.327 e. The van der Waals surface area contributed by atoms with Crippen LogP contribution < -0.4 is 4.90 Å². The van der Waals surface area contributed by atoms with Crippen LogP contribution in [0.5, 0.6) is 0 Å². The Labute approximate surface area is 115 Å². The molecule has 1 aliphatic heterocycles. The molecule has 0 radical (unpaired) electrons. The van der Waals surface area contributed by atoms with Gasteiger partial charge in [0.15, 0.2) is 0 Å². The average Bonchev–Trinajstić information content (AvgIpc) is 3.01. The number of anilines is 1. The van der Waals surface area contributed by atoms with E-state index >= 15 is 0 Å². The fourth-order valence-corrected chi connectivity index (χ4v) is 2.53. The van der Waals surface area contributed by atoms with Crippen LogP contribution in [-0.4, -0.2) is 33.2 Å². The Balaban J connectivity index is 2.07. The number of aromatic nitrogens is 2. The number of H-pyrrole nitrogens is 1. The van der Waals surface area contributed by atoms with Crippen molar-refractivity contribution in [1.82, 2.24) is 10.2 Å². The molecule has 2 N–H and O–H groups in total. The Morgan fingerprint density at radius 1 is 1.40 bits per heavy atom. The molecule has 1 aliphatic rings. The van der Waals surface area contributed by atoms with E-state index < -0.39 is 12.0 Å². The van der Waals surface area contributed by atoms with Crippen molar-refractivity contribution in [3.63, 3.8) is 0 Å². The van der Waals surface area contributed by atoms with Gasteiger partial charge in [-0.15, -0.1) is 0 Å². The number of carboxylic acid groups (broad SMARTS) is 1. The summed E-state index contributed by atoms with van der Waals surface area (Å²) in [5.74, 6) is -1.34. The number of aromatic amines is 1. The van der Waals surface area contributed by atoms with Crippen molar-refractivity contribution in [1.29, 1.82) is 0 Å². The number of amides is 1. The molecule has 1 aromatic carbocycles. The van der Waals surface area contributed by atoms with E-state index in [1.165, 1.54) is 11.1 Å². The molecule has 0 spiro atoms. The van der Waals surface area contributed by atoms with E-state index in [0.29, 0.717) is 23.4 Å². The highest BCUT2D eigenvalue weighted by Gasteiger charge is 2.39. The van der Waals surface area contributed by atoms with Gasteiger partial charge in [-0.3, -0.25) is 14.8 Å². The third-order valence-corrected chi connectivity index (χ3v) is 3.54. The maximum Gasteiger partial charge on any atom is 0.327 e. The largest absolute Gasteiger partial charge is 0.480 e. The highest BCUT2D eigenvalue weighted by molar-refractivity contribution is 6.11. The van der Waals surface area contributed by atoms with E-state index in [2.05, 4.69) is 10.2 Å². The number of nitrogens with zero attached hydrogens (tertiary/aromatic N) is 2. The minimum Gasteiger partial charge on any atom is -0.480 e. The van der Waals surface area contributed by atoms with Gasteiger partial charge in [0.05, 0.1) is 11.8 Å². The second kappa shape index (κ2) is 4.48. The van der Waals surface area contributed by atoms with Gasteiger partial charge in [0.1, 0.15) is 6.04 Å². The molecule has 0 saturated carbocycles. The topological polar surface area (TPSA) is 86.3 Å². The molecule has 0 saturated heterocycles. The lowest BCUT2D eigenvalue weighted by Crippen LogP contribution is -2.43. The minimum absolute atomic E-state index is 0.328. The van der Waals surface area contributed by atoms with Crippen molar-refractivity contribution < 1.29 is 14.7 Å². The highest BCUT2D eigenvalue weighted by atomic mass is 16.4. The van der Waals surface area contributed by atoms with Gasteiger partial charge in [-0.2, -0.15) is 5.10 Å². The molecule has 1 amide bonds. The molecular weight excluding hydrogens is 258 g/mol. The number of benzene rings is 1. The lowest BCUT2D eigenvalue weighted by atomic mass is 10.1. The van der Waals surface area contributed by atoms with Crippen molar-refractivity contribution in [2.24, 2.45) is 0 Å². The van der Waals surface area contributed by atoms with Crippen LogP contribution in [0.25, 0.3) is 0 Å². The first-order chi connectivity index (χ1) is 9.59. The van der Waals surface area contributed by atoms with Crippen molar-refractivity contribution in [2.45, 2.75) is 19.4 Å². The molecule has 6 nitrogen and oxygen atoms in total. The molecule has 0 fully saturated rings. The summed E-state index contributed by atoms with van der Waals surface area (Å²) in [4.78, 5) is 25.4. The number of hydrogen-bond donors (Lipinski definition) is 2. The summed E-state index contributed by atoms with van der Waals surface area (Å²) in [7, 11) is 0. The molecule has 0 bridgehead atoms. The predicted octanol–water partition coefficient (Wildman–Crippen LogP) is 1.37. The molecule has 0 unspecified atom stereocenters. The van der Waals surface area contributed by atoms with Gasteiger partial charge in [0, 0.05) is 17.8 Å². The van der Waals surface area contributed by atoms with Gasteiger partial charge in [-0.25, -0.2) is 4.79 Å². The second-order valence-electron chi connectivity index (χ2n) is 4.77. The van der Waals surface area contributed by atoms with E-state index in [0.717, 1.165) is 5.56 Å². The Kier molecular flexibility index (Phi) is 2.78. The summed E-state index contributed by atoms with van der Waals surface area (Å²) in [6.07, 6.45) is 1.76. The molecule has 0 aliphatic carbocycles. The number of fused-ring (bicyclic) bond motifs is 1. The molecule has 1 aromatic heterocycles. The van der Waals surface area contributed by atoms with E-state index in [9.17, 15) is 14.7 Å². The molecule has 6 heteroatoms. The maximum atomic E-state index is 12.6. The zero-order chi connectivity index (χ0) is 14.3. The van der Waals surface area contributed by atoms with Crippen LogP contribution in [-0.2, 0) is 11.2 Å². The van der Waals surface area contributed by atoms with Gasteiger partial charge in [0.2, 0.25) is 0 Å². The lowest BCUT2D eigenvalue weighted by molar-refractivity contribution is -0.138. The second-order valence-corrected chi connectivity index (χ2v) is 4.77. The Hall–Kier alpha value is -2.63. The van der Waals surface area contributed by atoms with E-state index in [1.54, 1.807) is 19.1 Å². The summed E-state index contributed by atoms with van der Waals surface area (Å²) in [5.41, 5.74) is 2.55. The van der Waals surface area contributed by atoms with E-state index in [1.807, 2.05) is 12.1 Å². The SMILES string of the molecule is Cc1[nH]ncc1C(=O)N1c2ccccc2C[C@H]1C(=O)O. The first-order valence-electron chi connectivity index (χ1n) is 6.24. The summed E-state index contributed by atoms with van der Waals surface area (Å²) < 4.78 is 0. The van der Waals surface area contributed by atoms with Crippen LogP contribution >= 0.6 is 0 Å². The molecule has 2 aromatic rings. The molecule has 2 heterocycles. The van der Waals surface area contributed by atoms with E-state index in [4.69, 9.17) is 0 Å². The number of hydrogen-bond acceptors (Lipinski definition) is 3. The standard InChI is InChI=1S/C14H13N3O3/c1-8-10(7-15-16-8)13(18)17-11-5-3-2-4-9(11)6-12(17)14(19)20/h2-5,7,12H,6H2,1H3,(H,15,16)(H,19,20)/t12-/m0/s1. The van der Waals surface area contributed by atoms with Gasteiger partial charge >= 0.3 is 5.97 Å². The number of carbonyl (C=O) groups is 2. The van der Waals surface area contributed by atoms with Gasteiger partial charge in [-0.05, 0) is 18.6 Å². The summed E-state index contributed by atoms with van der Waals surface area (Å²) in [5, 5.41) is 15.9. The average molecular weight is 271 g/mol. The van der Waals surface area contributed by atoms with Crippen LogP contribution in [0.3, 0.4) is 0 Å². The molecular formula is C14H13N3O3. The van der Waals surface area contributed by atoms with E-state index in [-0.39, 0.29) is 5.91 Å². The minimum atomic E-state index is -1.00. The molecule has 20 heavy (non-hydrogen) atoms. The van der Waals surface area contributed by atoms with Crippen molar-refractivity contribution in [2.75, 3.05) is 4.90 Å². The number of aryl methyl sites for hydroxylation is 1. The predicted molar refractivity (Wildman–Crippen MR) is 71.7 cm³/mol. The first-order valence-corrected chi connectivity index (χ1v) is 6.24. The molecule has 1 atom stereocenters. The normalized spacial score (nSPS) is 17.1. The third kappa shape index (κ3) is 1.77. The van der Waals surface area contributed by atoms with Crippen LogP contribution in [0, 0.1) is 6.92 Å². The Morgan fingerprint density at radius 2 is 2.15 bits per heavy atom. The summed E-state index contributed by atoms with van der Waals surface area (Å²) >= 11 is 0. The summed E-state index contributed by atoms with van der Waals surface area (Å²) in [6.45, 7) is 1.73. The Bertz CT molecular complexity index is 692. The quantitative estimate of drug-likeness (QED) is 0.863. The molecule has 102 valence electrons. The number of carboxylic acids is 1. The molecule has 3 rings (SSSR count). The van der Waals surface area contributed by atoms with Crippen LogP contribution in [0.2, 0.25) is 0 Å². The third-order valence-electron chi connectivity index (χ3n) is 3.54. The van der Waals surface area contributed by atoms with Crippen molar-refractivity contribution in [3.8, 4) is 0 Å². The van der Waals surface area contributed by atoms with Gasteiger partial charge in [0.25, 0.3) is 5.91 Å². The lowest BCUT2D eigenvalue weighted by Gasteiger charge is -2.22. The number of nitrogens with one attached hydrogen (secondary N) is 1. The zero-order valence-electron chi connectivity index (χ0n) is 10.8. The number of aliphatic carboxylic acids is 1. The van der Waals surface area contributed by atoms with Crippen LogP contribution in [0.15, 0.2) is 30.5 Å². The Morgan fingerprint density at radius 3 is 2.80 bits per heavy atom. The fourth-order valence-electron chi connectivity index (χ4n) is 2.53. The van der Waals surface area contributed by atoms with Crippen molar-refractivity contribution >= 4 is 17.6 Å². The monoisotopic (exact) mass is 271 g/mol. The maximum absolute atomic E-state index is 12.6. The fraction of sp³-hybridized carbons (Fsp3) is 0.214. The van der Waals surface area contributed by atoms with Crippen molar-refractivity contribution in [3.05, 3.63) is 47.3 Å².